The molecule has 1 N–H and O–H groups in total. The van der Waals surface area contributed by atoms with Crippen LogP contribution in [0.2, 0.25) is 0 Å². The van der Waals surface area contributed by atoms with E-state index in [1.54, 1.807) is 19.3 Å². The summed E-state index contributed by atoms with van der Waals surface area (Å²) in [6.45, 7) is 0.305. The monoisotopic (exact) mass is 247 g/mol. The van der Waals surface area contributed by atoms with Crippen molar-refractivity contribution in [2.45, 2.75) is 0 Å². The minimum atomic E-state index is -0.388. The van der Waals surface area contributed by atoms with Gasteiger partial charge in [-0.1, -0.05) is 0 Å². The molecule has 0 atom stereocenters. The van der Waals surface area contributed by atoms with Crippen LogP contribution in [0.1, 0.15) is 5.56 Å². The van der Waals surface area contributed by atoms with Gasteiger partial charge in [0.25, 0.3) is 5.91 Å². The Kier molecular flexibility index (Phi) is 2.33. The fraction of sp³-hybridized carbons (Fsp3) is 0.154. The highest BCUT2D eigenvalue weighted by Crippen LogP contribution is 2.36. The van der Waals surface area contributed by atoms with E-state index in [0.717, 1.165) is 0 Å². The quantitative estimate of drug-likeness (QED) is 0.772. The number of fused-ring (bicyclic) bond motifs is 1. The maximum absolute atomic E-state index is 13.1. The van der Waals surface area contributed by atoms with Crippen molar-refractivity contribution >= 4 is 17.2 Å². The molecule has 2 heterocycles. The number of anilines is 1. The zero-order valence-corrected chi connectivity index (χ0v) is 9.62. The summed E-state index contributed by atoms with van der Waals surface area (Å²) in [6, 6.07) is 4.17. The van der Waals surface area contributed by atoms with E-state index in [2.05, 4.69) is 5.32 Å². The molecule has 0 unspecified atom stereocenters. The lowest BCUT2D eigenvalue weighted by atomic mass is 10.1. The molecule has 0 radical (unpaired) electrons. The van der Waals surface area contributed by atoms with Crippen molar-refractivity contribution in [3.8, 4) is 0 Å². The predicted molar refractivity (Wildman–Crippen MR) is 63.0 cm³/mol. The van der Waals surface area contributed by atoms with Crippen molar-refractivity contribution in [1.82, 2.24) is 0 Å². The van der Waals surface area contributed by atoms with E-state index in [1.807, 2.05) is 0 Å². The maximum atomic E-state index is 13.1. The smallest absolute Gasteiger partial charge is 0.260 e. The first-order chi connectivity index (χ1) is 8.69. The normalized spacial score (nSPS) is 21.2. The zero-order chi connectivity index (χ0) is 12.7. The van der Waals surface area contributed by atoms with Gasteiger partial charge in [0.05, 0.1) is 18.4 Å². The third kappa shape index (κ3) is 1.55. The van der Waals surface area contributed by atoms with Crippen molar-refractivity contribution < 1.29 is 18.7 Å². The van der Waals surface area contributed by atoms with Gasteiger partial charge in [-0.3, -0.25) is 4.79 Å². The summed E-state index contributed by atoms with van der Waals surface area (Å²) in [6.07, 6.45) is 1.67. The van der Waals surface area contributed by atoms with Crippen molar-refractivity contribution in [2.24, 2.45) is 0 Å². The number of amides is 1. The van der Waals surface area contributed by atoms with Crippen molar-refractivity contribution in [3.63, 3.8) is 0 Å². The summed E-state index contributed by atoms with van der Waals surface area (Å²) < 4.78 is 23.5. The number of carbonyl (C=O) groups is 1. The van der Waals surface area contributed by atoms with Crippen LogP contribution >= 0.6 is 0 Å². The second-order valence-corrected chi connectivity index (χ2v) is 3.99. The van der Waals surface area contributed by atoms with Gasteiger partial charge in [0.2, 0.25) is 0 Å². The van der Waals surface area contributed by atoms with Crippen LogP contribution in [0.4, 0.5) is 10.1 Å². The highest BCUT2D eigenvalue weighted by molar-refractivity contribution is 6.32. The standard InChI is InChI=1S/C13H10FNO3/c1-17-8-5-11(18-6-8)12-9-3-2-7(14)4-10(9)15-13(12)16/h2-5H,6H2,1H3,(H,15,16)/b12-11+. The molecule has 0 aliphatic carbocycles. The molecule has 0 aromatic heterocycles. The summed E-state index contributed by atoms with van der Waals surface area (Å²) in [7, 11) is 1.54. The average molecular weight is 247 g/mol. The molecule has 5 heteroatoms. The summed E-state index contributed by atoms with van der Waals surface area (Å²) in [5, 5.41) is 2.61. The molecule has 2 aliphatic rings. The number of benzene rings is 1. The van der Waals surface area contributed by atoms with Crippen LogP contribution in [0.15, 0.2) is 35.8 Å². The van der Waals surface area contributed by atoms with E-state index < -0.39 is 0 Å². The number of allylic oxidation sites excluding steroid dienone is 1. The number of methoxy groups -OCH3 is 1. The molecule has 92 valence electrons. The van der Waals surface area contributed by atoms with Crippen LogP contribution in [-0.4, -0.2) is 19.6 Å². The van der Waals surface area contributed by atoms with Crippen LogP contribution in [0.3, 0.4) is 0 Å². The number of rotatable bonds is 1. The SMILES string of the molecule is COC1=C/C(=C2\C(=O)Nc3cc(F)ccc32)OC1. The summed E-state index contributed by atoms with van der Waals surface area (Å²) in [4.78, 5) is 11.9. The lowest BCUT2D eigenvalue weighted by Gasteiger charge is -2.02. The molecule has 1 aromatic carbocycles. The van der Waals surface area contributed by atoms with Gasteiger partial charge in [-0.25, -0.2) is 4.39 Å². The van der Waals surface area contributed by atoms with E-state index in [4.69, 9.17) is 9.47 Å². The molecular weight excluding hydrogens is 237 g/mol. The van der Waals surface area contributed by atoms with Crippen LogP contribution in [0, 0.1) is 5.82 Å². The molecular formula is C13H10FNO3. The Morgan fingerprint density at radius 2 is 2.28 bits per heavy atom. The van der Waals surface area contributed by atoms with Gasteiger partial charge in [-0.15, -0.1) is 0 Å². The number of ether oxygens (including phenoxy) is 2. The molecule has 0 bridgehead atoms. The third-order valence-electron chi connectivity index (χ3n) is 2.90. The van der Waals surface area contributed by atoms with E-state index in [1.165, 1.54) is 12.1 Å². The Morgan fingerprint density at radius 3 is 3.00 bits per heavy atom. The highest BCUT2D eigenvalue weighted by atomic mass is 19.1. The number of carbonyl (C=O) groups excluding carboxylic acids is 1. The Morgan fingerprint density at radius 1 is 1.44 bits per heavy atom. The average Bonchev–Trinajstić information content (AvgIpc) is 2.91. The second kappa shape index (κ2) is 3.87. The zero-order valence-electron chi connectivity index (χ0n) is 9.62. The fourth-order valence-corrected chi connectivity index (χ4v) is 2.03. The van der Waals surface area contributed by atoms with E-state index in [9.17, 15) is 9.18 Å². The Hall–Kier alpha value is -2.30. The molecule has 0 saturated heterocycles. The molecule has 4 nitrogen and oxygen atoms in total. The summed E-state index contributed by atoms with van der Waals surface area (Å²) >= 11 is 0. The van der Waals surface area contributed by atoms with Gasteiger partial charge in [0, 0.05) is 11.6 Å². The first-order valence-corrected chi connectivity index (χ1v) is 5.42. The molecule has 1 aromatic rings. The first-order valence-electron chi connectivity index (χ1n) is 5.42. The van der Waals surface area contributed by atoms with Crippen LogP contribution in [-0.2, 0) is 14.3 Å². The molecule has 3 rings (SSSR count). The fourth-order valence-electron chi connectivity index (χ4n) is 2.03. The minimum Gasteiger partial charge on any atom is -0.497 e. The molecule has 0 saturated carbocycles. The topological polar surface area (TPSA) is 47.6 Å². The van der Waals surface area contributed by atoms with Gasteiger partial charge in [-0.2, -0.15) is 0 Å². The summed E-state index contributed by atoms with van der Waals surface area (Å²) in [5.74, 6) is 0.426. The van der Waals surface area contributed by atoms with E-state index in [-0.39, 0.29) is 11.7 Å². The second-order valence-electron chi connectivity index (χ2n) is 3.99. The minimum absolute atomic E-state index is 0.292. The molecule has 18 heavy (non-hydrogen) atoms. The molecule has 1 amide bonds. The first kappa shape index (κ1) is 10.8. The van der Waals surface area contributed by atoms with Gasteiger partial charge < -0.3 is 14.8 Å². The molecule has 2 aliphatic heterocycles. The van der Waals surface area contributed by atoms with E-state index in [0.29, 0.717) is 34.9 Å². The van der Waals surface area contributed by atoms with Crippen LogP contribution in [0.25, 0.3) is 5.57 Å². The Labute approximate surface area is 103 Å². The highest BCUT2D eigenvalue weighted by Gasteiger charge is 2.30. The Bertz CT molecular complexity index is 604. The Balaban J connectivity index is 2.13. The van der Waals surface area contributed by atoms with Crippen molar-refractivity contribution in [2.75, 3.05) is 19.0 Å². The lowest BCUT2D eigenvalue weighted by Crippen LogP contribution is -2.05. The van der Waals surface area contributed by atoms with Crippen molar-refractivity contribution in [3.05, 3.63) is 47.2 Å². The summed E-state index contributed by atoms with van der Waals surface area (Å²) in [5.41, 5.74) is 1.52. The number of halogens is 1. The van der Waals surface area contributed by atoms with Gasteiger partial charge in [-0.05, 0) is 18.2 Å². The molecule has 0 spiro atoms. The largest absolute Gasteiger partial charge is 0.497 e. The number of hydrogen-bond acceptors (Lipinski definition) is 3. The van der Waals surface area contributed by atoms with Crippen molar-refractivity contribution in [1.29, 1.82) is 0 Å². The lowest BCUT2D eigenvalue weighted by molar-refractivity contribution is -0.110. The van der Waals surface area contributed by atoms with Gasteiger partial charge in [0.15, 0.2) is 0 Å². The van der Waals surface area contributed by atoms with Gasteiger partial charge in [0.1, 0.15) is 23.9 Å². The predicted octanol–water partition coefficient (Wildman–Crippen LogP) is 2.05. The van der Waals surface area contributed by atoms with E-state index >= 15 is 0 Å². The third-order valence-corrected chi connectivity index (χ3v) is 2.90. The number of hydrogen-bond donors (Lipinski definition) is 1. The number of nitrogens with one attached hydrogen (secondary N) is 1. The molecule has 0 fully saturated rings. The van der Waals surface area contributed by atoms with Crippen LogP contribution in [0.5, 0.6) is 0 Å². The maximum Gasteiger partial charge on any atom is 0.260 e. The van der Waals surface area contributed by atoms with Crippen LogP contribution < -0.4 is 5.32 Å². The van der Waals surface area contributed by atoms with Gasteiger partial charge >= 0.3 is 0 Å².